The molecule has 0 fully saturated rings. The third-order valence-corrected chi connectivity index (χ3v) is 2.91. The molecule has 0 amide bonds. The fourth-order valence-corrected chi connectivity index (χ4v) is 1.88. The molecule has 0 bridgehead atoms. The Balaban J connectivity index is 2.68. The van der Waals surface area contributed by atoms with Crippen molar-refractivity contribution in [2.45, 2.75) is 0 Å². The van der Waals surface area contributed by atoms with E-state index in [1.807, 2.05) is 0 Å². The summed E-state index contributed by atoms with van der Waals surface area (Å²) in [7, 11) is 1.39. The Morgan fingerprint density at radius 2 is 1.95 bits per heavy atom. The highest BCUT2D eigenvalue weighted by Gasteiger charge is 2.21. The topological polar surface area (TPSA) is 89.7 Å². The number of carboxylic acid groups (broad SMARTS) is 1. The van der Waals surface area contributed by atoms with Gasteiger partial charge in [-0.1, -0.05) is 0 Å². The highest BCUT2D eigenvalue weighted by molar-refractivity contribution is 5.90. The van der Waals surface area contributed by atoms with E-state index in [4.69, 9.17) is 9.84 Å². The molecular formula is C14H10FNO5. The minimum Gasteiger partial charge on any atom is -0.497 e. The SMILES string of the molecule is COc1ccc(F)c(-c2ccc(C(=O)O)cc2[N+](=O)[O-])c1. The standard InChI is InChI=1S/C14H10FNO5/c1-21-9-3-5-12(15)11(7-9)10-4-2-8(14(17)18)6-13(10)16(19)20/h2-7H,1H3,(H,17,18). The predicted molar refractivity (Wildman–Crippen MR) is 72.0 cm³/mol. The van der Waals surface area contributed by atoms with Gasteiger partial charge in [-0.15, -0.1) is 0 Å². The number of halogens is 1. The zero-order chi connectivity index (χ0) is 15.6. The van der Waals surface area contributed by atoms with E-state index in [1.54, 1.807) is 0 Å². The molecule has 0 atom stereocenters. The van der Waals surface area contributed by atoms with Crippen LogP contribution < -0.4 is 4.74 Å². The maximum absolute atomic E-state index is 13.9. The average molecular weight is 291 g/mol. The Kier molecular flexibility index (Phi) is 3.84. The molecule has 0 aliphatic heterocycles. The number of carboxylic acids is 1. The average Bonchev–Trinajstić information content (AvgIpc) is 2.47. The van der Waals surface area contributed by atoms with E-state index in [0.717, 1.165) is 12.1 Å². The second-order valence-electron chi connectivity index (χ2n) is 4.14. The quantitative estimate of drug-likeness (QED) is 0.690. The molecule has 7 heteroatoms. The lowest BCUT2D eigenvalue weighted by Crippen LogP contribution is -2.00. The summed E-state index contributed by atoms with van der Waals surface area (Å²) in [6, 6.07) is 7.12. The Hall–Kier alpha value is -2.96. The first-order valence-corrected chi connectivity index (χ1v) is 5.79. The number of aromatic carboxylic acids is 1. The van der Waals surface area contributed by atoms with Crippen LogP contribution in [-0.4, -0.2) is 23.1 Å². The maximum Gasteiger partial charge on any atom is 0.335 e. The molecule has 0 saturated carbocycles. The number of nitrogens with zero attached hydrogens (tertiary/aromatic N) is 1. The van der Waals surface area contributed by atoms with Crippen molar-refractivity contribution in [3.05, 3.63) is 57.9 Å². The summed E-state index contributed by atoms with van der Waals surface area (Å²) in [5.41, 5.74) is -0.768. The Morgan fingerprint density at radius 1 is 1.24 bits per heavy atom. The van der Waals surface area contributed by atoms with Gasteiger partial charge in [0.25, 0.3) is 5.69 Å². The first kappa shape index (κ1) is 14.4. The van der Waals surface area contributed by atoms with E-state index in [0.29, 0.717) is 5.75 Å². The monoisotopic (exact) mass is 291 g/mol. The van der Waals surface area contributed by atoms with E-state index in [2.05, 4.69) is 0 Å². The molecule has 0 aliphatic rings. The summed E-state index contributed by atoms with van der Waals surface area (Å²) in [6.45, 7) is 0. The van der Waals surface area contributed by atoms with Gasteiger partial charge in [-0.2, -0.15) is 0 Å². The number of nitro groups is 1. The van der Waals surface area contributed by atoms with E-state index in [-0.39, 0.29) is 16.7 Å². The number of benzene rings is 2. The lowest BCUT2D eigenvalue weighted by atomic mass is 10.0. The van der Waals surface area contributed by atoms with Gasteiger partial charge in [0.05, 0.1) is 23.2 Å². The second-order valence-corrected chi connectivity index (χ2v) is 4.14. The third kappa shape index (κ3) is 2.81. The van der Waals surface area contributed by atoms with Crippen LogP contribution in [0.4, 0.5) is 10.1 Å². The van der Waals surface area contributed by atoms with Crippen molar-refractivity contribution in [2.75, 3.05) is 7.11 Å². The summed E-state index contributed by atoms with van der Waals surface area (Å²) < 4.78 is 18.9. The third-order valence-electron chi connectivity index (χ3n) is 2.91. The van der Waals surface area contributed by atoms with E-state index in [1.165, 1.54) is 31.4 Å². The van der Waals surface area contributed by atoms with Crippen LogP contribution in [0.5, 0.6) is 5.75 Å². The van der Waals surface area contributed by atoms with Crippen molar-refractivity contribution < 1.29 is 24.0 Å². The van der Waals surface area contributed by atoms with Gasteiger partial charge in [0.1, 0.15) is 11.6 Å². The zero-order valence-electron chi connectivity index (χ0n) is 10.9. The summed E-state index contributed by atoms with van der Waals surface area (Å²) in [6.07, 6.45) is 0. The van der Waals surface area contributed by atoms with Crippen LogP contribution in [-0.2, 0) is 0 Å². The van der Waals surface area contributed by atoms with Crippen molar-refractivity contribution in [1.29, 1.82) is 0 Å². The molecule has 0 radical (unpaired) electrons. The maximum atomic E-state index is 13.9. The number of carbonyl (C=O) groups is 1. The van der Waals surface area contributed by atoms with E-state index < -0.39 is 22.4 Å². The smallest absolute Gasteiger partial charge is 0.335 e. The first-order chi connectivity index (χ1) is 9.93. The molecule has 0 saturated heterocycles. The van der Waals surface area contributed by atoms with Crippen LogP contribution in [0.2, 0.25) is 0 Å². The Labute approximate surface area is 118 Å². The number of hydrogen-bond acceptors (Lipinski definition) is 4. The summed E-state index contributed by atoms with van der Waals surface area (Å²) in [5.74, 6) is -1.62. The van der Waals surface area contributed by atoms with Gasteiger partial charge in [0.15, 0.2) is 0 Å². The molecule has 0 aromatic heterocycles. The molecule has 0 aliphatic carbocycles. The molecule has 2 aromatic rings. The molecular weight excluding hydrogens is 281 g/mol. The second kappa shape index (κ2) is 5.58. The van der Waals surface area contributed by atoms with Gasteiger partial charge in [-0.25, -0.2) is 9.18 Å². The minimum atomic E-state index is -1.30. The molecule has 0 heterocycles. The normalized spacial score (nSPS) is 10.2. The zero-order valence-corrected chi connectivity index (χ0v) is 10.9. The highest BCUT2D eigenvalue weighted by Crippen LogP contribution is 2.34. The fourth-order valence-electron chi connectivity index (χ4n) is 1.88. The van der Waals surface area contributed by atoms with Crippen LogP contribution in [0, 0.1) is 15.9 Å². The summed E-state index contributed by atoms with van der Waals surface area (Å²) >= 11 is 0. The molecule has 0 spiro atoms. The van der Waals surface area contributed by atoms with Crippen molar-refractivity contribution in [2.24, 2.45) is 0 Å². The van der Waals surface area contributed by atoms with Crippen LogP contribution in [0.1, 0.15) is 10.4 Å². The Morgan fingerprint density at radius 3 is 2.52 bits per heavy atom. The van der Waals surface area contributed by atoms with E-state index in [9.17, 15) is 19.3 Å². The molecule has 0 unspecified atom stereocenters. The first-order valence-electron chi connectivity index (χ1n) is 5.79. The minimum absolute atomic E-state index is 0.0126. The number of hydrogen-bond donors (Lipinski definition) is 1. The predicted octanol–water partition coefficient (Wildman–Crippen LogP) is 3.11. The van der Waals surface area contributed by atoms with Gasteiger partial charge >= 0.3 is 5.97 Å². The van der Waals surface area contributed by atoms with Crippen molar-refractivity contribution in [3.63, 3.8) is 0 Å². The van der Waals surface area contributed by atoms with Crippen LogP contribution in [0.3, 0.4) is 0 Å². The molecule has 21 heavy (non-hydrogen) atoms. The van der Waals surface area contributed by atoms with Crippen LogP contribution >= 0.6 is 0 Å². The van der Waals surface area contributed by atoms with E-state index >= 15 is 0 Å². The number of ether oxygens (including phenoxy) is 1. The lowest BCUT2D eigenvalue weighted by molar-refractivity contribution is -0.384. The molecule has 2 aromatic carbocycles. The van der Waals surface area contributed by atoms with Gasteiger partial charge < -0.3 is 9.84 Å². The molecule has 2 rings (SSSR count). The fraction of sp³-hybridized carbons (Fsp3) is 0.0714. The molecule has 1 N–H and O–H groups in total. The van der Waals surface area contributed by atoms with Crippen molar-refractivity contribution >= 4 is 11.7 Å². The molecule has 108 valence electrons. The Bertz CT molecular complexity index is 729. The van der Waals surface area contributed by atoms with Crippen molar-refractivity contribution in [3.8, 4) is 16.9 Å². The number of methoxy groups -OCH3 is 1. The number of rotatable bonds is 4. The summed E-state index contributed by atoms with van der Waals surface area (Å²) in [5, 5.41) is 20.0. The summed E-state index contributed by atoms with van der Waals surface area (Å²) in [4.78, 5) is 21.2. The van der Waals surface area contributed by atoms with Gasteiger partial charge in [-0.05, 0) is 30.3 Å². The highest BCUT2D eigenvalue weighted by atomic mass is 19.1. The van der Waals surface area contributed by atoms with Crippen LogP contribution in [0.25, 0.3) is 11.1 Å². The number of nitro benzene ring substituents is 1. The van der Waals surface area contributed by atoms with Crippen molar-refractivity contribution in [1.82, 2.24) is 0 Å². The lowest BCUT2D eigenvalue weighted by Gasteiger charge is -2.08. The molecule has 6 nitrogen and oxygen atoms in total. The van der Waals surface area contributed by atoms with Gasteiger partial charge in [-0.3, -0.25) is 10.1 Å². The van der Waals surface area contributed by atoms with Crippen LogP contribution in [0.15, 0.2) is 36.4 Å². The van der Waals surface area contributed by atoms with Gasteiger partial charge in [0.2, 0.25) is 0 Å². The largest absolute Gasteiger partial charge is 0.497 e. The van der Waals surface area contributed by atoms with Gasteiger partial charge in [0, 0.05) is 11.6 Å².